The van der Waals surface area contributed by atoms with E-state index in [9.17, 15) is 19.5 Å². The third kappa shape index (κ3) is 6.64. The second kappa shape index (κ2) is 13.6. The van der Waals surface area contributed by atoms with Crippen LogP contribution in [-0.4, -0.2) is 46.6 Å². The number of aromatic nitrogens is 2. The number of allylic oxidation sites excluding steroid dienone is 2. The number of hydrogen-bond acceptors (Lipinski definition) is 8. The fourth-order valence-corrected chi connectivity index (χ4v) is 5.80. The van der Waals surface area contributed by atoms with Gasteiger partial charge in [0.15, 0.2) is 11.4 Å². The third-order valence-electron chi connectivity index (χ3n) is 5.61. The second-order valence-electron chi connectivity index (χ2n) is 8.36. The van der Waals surface area contributed by atoms with Crippen molar-refractivity contribution in [3.05, 3.63) is 83.4 Å². The highest BCUT2D eigenvalue weighted by atomic mass is 35.5. The first-order valence-electron chi connectivity index (χ1n) is 12.1. The van der Waals surface area contributed by atoms with Crippen LogP contribution in [0.25, 0.3) is 11.8 Å². The lowest BCUT2D eigenvalue weighted by Crippen LogP contribution is -2.23. The first-order chi connectivity index (χ1) is 20.4. The topological polar surface area (TPSA) is 126 Å². The summed E-state index contributed by atoms with van der Waals surface area (Å²) in [6.07, 6.45) is 3.64. The van der Waals surface area contributed by atoms with Gasteiger partial charge in [-0.05, 0) is 50.1 Å². The predicted molar refractivity (Wildman–Crippen MR) is 164 cm³/mol. The van der Waals surface area contributed by atoms with E-state index in [1.165, 1.54) is 42.5 Å². The summed E-state index contributed by atoms with van der Waals surface area (Å²) in [7, 11) is 0. The molecule has 0 bridgehead atoms. The summed E-state index contributed by atoms with van der Waals surface area (Å²) < 4.78 is 10.9. The molecule has 2 aromatic carbocycles. The van der Waals surface area contributed by atoms with Gasteiger partial charge in [0.05, 0.1) is 38.9 Å². The van der Waals surface area contributed by atoms with Crippen molar-refractivity contribution in [2.45, 2.75) is 13.8 Å². The van der Waals surface area contributed by atoms with Gasteiger partial charge in [-0.15, -0.1) is 0 Å². The van der Waals surface area contributed by atoms with Crippen LogP contribution in [0, 0.1) is 0 Å². The average Bonchev–Trinajstić information content (AvgIpc) is 3.40. The number of amides is 1. The highest BCUT2D eigenvalue weighted by Gasteiger charge is 2.37. The number of anilines is 1. The molecule has 0 radical (unpaired) electrons. The summed E-state index contributed by atoms with van der Waals surface area (Å²) in [6, 6.07) is 5.40. The molecule has 43 heavy (non-hydrogen) atoms. The Bertz CT molecular complexity index is 1700. The van der Waals surface area contributed by atoms with E-state index in [0.29, 0.717) is 0 Å². The Morgan fingerprint density at radius 1 is 0.860 bits per heavy atom. The van der Waals surface area contributed by atoms with Gasteiger partial charge in [0.1, 0.15) is 11.4 Å². The van der Waals surface area contributed by atoms with Crippen LogP contribution < -0.4 is 10.1 Å². The smallest absolute Gasteiger partial charge is 0.359 e. The first-order valence-corrected chi connectivity index (χ1v) is 14.4. The zero-order chi connectivity index (χ0) is 31.6. The number of rotatable bonds is 8. The number of hydrogen-bond donors (Lipinski definition) is 0. The average molecular weight is 706 g/mol. The molecule has 0 atom stereocenters. The van der Waals surface area contributed by atoms with E-state index in [2.05, 4.69) is 10.2 Å². The monoisotopic (exact) mass is 703 g/mol. The van der Waals surface area contributed by atoms with Crippen molar-refractivity contribution in [2.75, 3.05) is 18.2 Å². The molecule has 0 fully saturated rings. The normalized spacial score (nSPS) is 14.1. The lowest BCUT2D eigenvalue weighted by Gasteiger charge is -2.15. The Hall–Kier alpha value is -3.25. The molecule has 0 unspecified atom stereocenters. The van der Waals surface area contributed by atoms with Gasteiger partial charge >= 0.3 is 11.9 Å². The molecule has 0 saturated heterocycles. The van der Waals surface area contributed by atoms with Crippen molar-refractivity contribution in [3.63, 3.8) is 0 Å². The van der Waals surface area contributed by atoms with Crippen LogP contribution in [0.5, 0.6) is 5.88 Å². The molecule has 0 aliphatic carbocycles. The number of carbonyl (C=O) groups is 3. The molecular formula is C27H17Cl6N4O6-. The maximum atomic E-state index is 13.4. The van der Waals surface area contributed by atoms with Crippen molar-refractivity contribution >= 4 is 105 Å². The molecule has 1 amide bonds. The van der Waals surface area contributed by atoms with Crippen LogP contribution in [-0.2, 0) is 19.1 Å². The number of hydrazone groups is 1. The molecule has 4 rings (SSSR count). The Balaban J connectivity index is 1.82. The maximum absolute atomic E-state index is 13.4. The van der Waals surface area contributed by atoms with E-state index in [4.69, 9.17) is 79.1 Å². The highest BCUT2D eigenvalue weighted by molar-refractivity contribution is 6.54. The SMILES string of the molecule is CCOC(=O)C1=NN(c2c(Cl)cc(Cl)cc2Cl)C(=O)C1=CC=Cc1c(C(=O)OCC)nn(-c2c(Cl)cc(Cl)cc2Cl)c1[O-]. The lowest BCUT2D eigenvalue weighted by molar-refractivity contribution is -0.278. The van der Waals surface area contributed by atoms with Crippen molar-refractivity contribution in [3.8, 4) is 11.6 Å². The van der Waals surface area contributed by atoms with Crippen molar-refractivity contribution in [2.24, 2.45) is 5.10 Å². The van der Waals surface area contributed by atoms with Gasteiger partial charge in [0, 0.05) is 15.6 Å². The largest absolute Gasteiger partial charge is 0.858 e. The highest BCUT2D eigenvalue weighted by Crippen LogP contribution is 2.39. The van der Waals surface area contributed by atoms with Gasteiger partial charge < -0.3 is 14.6 Å². The Kier molecular flexibility index (Phi) is 10.3. The molecule has 1 aliphatic rings. The Morgan fingerprint density at radius 2 is 1.37 bits per heavy atom. The molecule has 1 aliphatic heterocycles. The van der Waals surface area contributed by atoms with Crippen molar-refractivity contribution in [1.29, 1.82) is 0 Å². The van der Waals surface area contributed by atoms with Gasteiger partial charge in [-0.25, -0.2) is 14.3 Å². The number of ether oxygens (including phenoxy) is 2. The molecule has 16 heteroatoms. The molecule has 2 heterocycles. The van der Waals surface area contributed by atoms with Crippen LogP contribution in [0.2, 0.25) is 30.1 Å². The first kappa shape index (κ1) is 32.7. The molecule has 224 valence electrons. The fourth-order valence-electron chi connectivity index (χ4n) is 3.85. The summed E-state index contributed by atoms with van der Waals surface area (Å²) in [5.74, 6) is -3.39. The molecule has 0 N–H and O–H groups in total. The molecule has 0 spiro atoms. The van der Waals surface area contributed by atoms with E-state index in [-0.39, 0.29) is 77.3 Å². The number of nitrogens with zero attached hydrogens (tertiary/aromatic N) is 4. The number of benzene rings is 2. The van der Waals surface area contributed by atoms with E-state index < -0.39 is 23.7 Å². The lowest BCUT2D eigenvalue weighted by atomic mass is 10.1. The summed E-state index contributed by atoms with van der Waals surface area (Å²) in [5, 5.41) is 22.9. The number of carbonyl (C=O) groups excluding carboxylic acids is 3. The Labute approximate surface area is 274 Å². The zero-order valence-electron chi connectivity index (χ0n) is 22.0. The minimum absolute atomic E-state index is 0.00314. The number of esters is 2. The Morgan fingerprint density at radius 3 is 1.91 bits per heavy atom. The quantitative estimate of drug-likeness (QED) is 0.183. The maximum Gasteiger partial charge on any atom is 0.359 e. The molecule has 10 nitrogen and oxygen atoms in total. The standard InChI is InChI=1S/C27H18Cl6N4O6/c1-3-42-26(40)20-14(24(38)36(34-20)22-16(30)8-12(28)9-17(22)31)6-5-7-15-21(27(41)43-4-2)35-37(25(15)39)23-18(32)10-13(29)11-19(23)33/h5-11,38H,3-4H2,1-2H3/p-1. The minimum Gasteiger partial charge on any atom is -0.858 e. The van der Waals surface area contributed by atoms with Gasteiger partial charge in [0.2, 0.25) is 0 Å². The zero-order valence-corrected chi connectivity index (χ0v) is 26.5. The van der Waals surface area contributed by atoms with Crippen LogP contribution >= 0.6 is 69.6 Å². The summed E-state index contributed by atoms with van der Waals surface area (Å²) in [4.78, 5) is 38.9. The van der Waals surface area contributed by atoms with Gasteiger partial charge in [-0.1, -0.05) is 81.8 Å². The van der Waals surface area contributed by atoms with Crippen LogP contribution in [0.1, 0.15) is 29.9 Å². The molecular weight excluding hydrogens is 689 g/mol. The van der Waals surface area contributed by atoms with Gasteiger partial charge in [-0.2, -0.15) is 15.2 Å². The fraction of sp³-hybridized carbons (Fsp3) is 0.148. The molecule has 3 aromatic rings. The van der Waals surface area contributed by atoms with Crippen LogP contribution in [0.15, 0.2) is 47.1 Å². The van der Waals surface area contributed by atoms with E-state index in [1.54, 1.807) is 13.8 Å². The predicted octanol–water partition coefficient (Wildman–Crippen LogP) is 6.95. The summed E-state index contributed by atoms with van der Waals surface area (Å²) in [5.41, 5.74) is -1.20. The number of halogens is 6. The van der Waals surface area contributed by atoms with Crippen molar-refractivity contribution in [1.82, 2.24) is 9.78 Å². The molecule has 0 saturated carbocycles. The summed E-state index contributed by atoms with van der Waals surface area (Å²) in [6.45, 7) is 3.14. The van der Waals surface area contributed by atoms with Gasteiger partial charge in [-0.3, -0.25) is 4.79 Å². The van der Waals surface area contributed by atoms with Crippen LogP contribution in [0.3, 0.4) is 0 Å². The van der Waals surface area contributed by atoms with E-state index >= 15 is 0 Å². The molecule has 1 aromatic heterocycles. The summed E-state index contributed by atoms with van der Waals surface area (Å²) >= 11 is 37.1. The van der Waals surface area contributed by atoms with Crippen molar-refractivity contribution < 1.29 is 29.0 Å². The van der Waals surface area contributed by atoms with E-state index in [0.717, 1.165) is 9.69 Å². The van der Waals surface area contributed by atoms with Gasteiger partial charge in [0.25, 0.3) is 5.91 Å². The van der Waals surface area contributed by atoms with Crippen LogP contribution in [0.4, 0.5) is 5.69 Å². The second-order valence-corrected chi connectivity index (χ2v) is 10.9. The third-order valence-corrected chi connectivity index (χ3v) is 7.19. The minimum atomic E-state index is -0.907. The van der Waals surface area contributed by atoms with E-state index in [1.807, 2.05) is 0 Å².